The number of rotatable bonds is 6. The van der Waals surface area contributed by atoms with Crippen LogP contribution in [0.4, 0.5) is 24.5 Å². The highest BCUT2D eigenvalue weighted by molar-refractivity contribution is 7.20. The number of alkyl halides is 3. The van der Waals surface area contributed by atoms with Crippen molar-refractivity contribution in [1.29, 1.82) is 0 Å². The monoisotopic (exact) mass is 540 g/mol. The molecule has 0 radical (unpaired) electrons. The summed E-state index contributed by atoms with van der Waals surface area (Å²) < 4.78 is 31.2. The second-order valence-corrected chi connectivity index (χ2v) is 9.46. The van der Waals surface area contributed by atoms with Gasteiger partial charge in [0.1, 0.15) is 10.7 Å². The van der Waals surface area contributed by atoms with Crippen LogP contribution in [0, 0.1) is 5.92 Å². The summed E-state index contributed by atoms with van der Waals surface area (Å²) in [6, 6.07) is 12.1. The Kier molecular flexibility index (Phi) is 12.0. The van der Waals surface area contributed by atoms with Crippen LogP contribution >= 0.6 is 22.7 Å². The van der Waals surface area contributed by atoms with Crippen molar-refractivity contribution in [2.24, 2.45) is 5.92 Å². The van der Waals surface area contributed by atoms with E-state index in [9.17, 15) is 18.0 Å². The number of amides is 1. The SMILES string of the molecule is CC.CNCC1CCCN(c2ccccc2NC(=O)c2csc(-c3cccs3)n2)C1.O=CC(F)(F)F. The fraction of sp³-hybridized carbons (Fsp3) is 0.400. The third-order valence-electron chi connectivity index (χ3n) is 5.11. The molecule has 1 unspecified atom stereocenters. The van der Waals surface area contributed by atoms with Gasteiger partial charge in [-0.2, -0.15) is 13.2 Å². The second kappa shape index (κ2) is 14.7. The average Bonchev–Trinajstić information content (AvgIpc) is 3.59. The number of benzene rings is 1. The molecule has 2 aromatic heterocycles. The Morgan fingerprint density at radius 1 is 1.19 bits per heavy atom. The molecule has 1 saturated heterocycles. The lowest BCUT2D eigenvalue weighted by Crippen LogP contribution is -2.39. The molecule has 6 nitrogen and oxygen atoms in total. The molecule has 4 rings (SSSR count). The Balaban J connectivity index is 0.000000502. The first kappa shape index (κ1) is 29.5. The topological polar surface area (TPSA) is 74.3 Å². The average molecular weight is 541 g/mol. The molecule has 1 aliphatic heterocycles. The number of aromatic nitrogens is 1. The van der Waals surface area contributed by atoms with E-state index in [1.165, 1.54) is 24.2 Å². The number of hydrogen-bond donors (Lipinski definition) is 2. The van der Waals surface area contributed by atoms with E-state index in [-0.39, 0.29) is 5.91 Å². The van der Waals surface area contributed by atoms with E-state index in [2.05, 4.69) is 26.6 Å². The van der Waals surface area contributed by atoms with Crippen LogP contribution in [0.2, 0.25) is 0 Å². The number of thiazole rings is 1. The molecular formula is C25H31F3N4O2S2. The van der Waals surface area contributed by atoms with Crippen molar-refractivity contribution in [1.82, 2.24) is 10.3 Å². The minimum atomic E-state index is -4.64. The third kappa shape index (κ3) is 9.03. The van der Waals surface area contributed by atoms with E-state index in [1.54, 1.807) is 11.3 Å². The third-order valence-corrected chi connectivity index (χ3v) is 6.99. The van der Waals surface area contributed by atoms with Crippen LogP contribution in [-0.4, -0.2) is 50.0 Å². The van der Waals surface area contributed by atoms with E-state index in [4.69, 9.17) is 4.79 Å². The maximum Gasteiger partial charge on any atom is 0.446 e. The molecule has 0 aliphatic carbocycles. The quantitative estimate of drug-likeness (QED) is 0.357. The highest BCUT2D eigenvalue weighted by atomic mass is 32.1. The molecule has 1 aromatic carbocycles. The lowest BCUT2D eigenvalue weighted by molar-refractivity contribution is -0.156. The summed E-state index contributed by atoms with van der Waals surface area (Å²) in [7, 11) is 2.01. The van der Waals surface area contributed by atoms with Gasteiger partial charge in [0.25, 0.3) is 5.91 Å². The first-order valence-electron chi connectivity index (χ1n) is 11.6. The van der Waals surface area contributed by atoms with Crippen molar-refractivity contribution in [3.63, 3.8) is 0 Å². The van der Waals surface area contributed by atoms with E-state index in [0.717, 1.165) is 40.9 Å². The summed E-state index contributed by atoms with van der Waals surface area (Å²) in [5, 5.41) is 11.1. The van der Waals surface area contributed by atoms with Crippen LogP contribution in [0.3, 0.4) is 0 Å². The molecule has 1 aliphatic rings. The minimum Gasteiger partial charge on any atom is -0.370 e. The van der Waals surface area contributed by atoms with Crippen LogP contribution in [0.25, 0.3) is 9.88 Å². The van der Waals surface area contributed by atoms with Crippen molar-refractivity contribution in [3.05, 3.63) is 52.9 Å². The van der Waals surface area contributed by atoms with Crippen LogP contribution in [-0.2, 0) is 4.79 Å². The maximum atomic E-state index is 12.8. The van der Waals surface area contributed by atoms with Gasteiger partial charge in [0.15, 0.2) is 0 Å². The zero-order valence-corrected chi connectivity index (χ0v) is 22.1. The maximum absolute atomic E-state index is 12.8. The summed E-state index contributed by atoms with van der Waals surface area (Å²) in [4.78, 5) is 29.5. The van der Waals surface area contributed by atoms with Gasteiger partial charge >= 0.3 is 6.18 Å². The van der Waals surface area contributed by atoms with Gasteiger partial charge in [-0.25, -0.2) is 4.98 Å². The molecule has 0 spiro atoms. The van der Waals surface area contributed by atoms with E-state index in [1.807, 2.05) is 62.0 Å². The molecule has 3 aromatic rings. The Labute approximate surface area is 217 Å². The van der Waals surface area contributed by atoms with Gasteiger partial charge in [0.05, 0.1) is 16.3 Å². The molecule has 11 heteroatoms. The van der Waals surface area contributed by atoms with Crippen molar-refractivity contribution in [2.75, 3.05) is 36.9 Å². The lowest BCUT2D eigenvalue weighted by atomic mass is 9.97. The number of carbonyl (C=O) groups excluding carboxylic acids is 2. The Morgan fingerprint density at radius 3 is 2.56 bits per heavy atom. The number of thiophene rings is 1. The van der Waals surface area contributed by atoms with Crippen molar-refractivity contribution >= 4 is 46.2 Å². The van der Waals surface area contributed by atoms with Gasteiger partial charge in [-0.3, -0.25) is 9.59 Å². The predicted molar refractivity (Wildman–Crippen MR) is 142 cm³/mol. The fourth-order valence-corrected chi connectivity index (χ4v) is 5.29. The second-order valence-electron chi connectivity index (χ2n) is 7.66. The van der Waals surface area contributed by atoms with Crippen LogP contribution in [0.5, 0.6) is 0 Å². The number of piperidine rings is 1. The Hall–Kier alpha value is -2.76. The van der Waals surface area contributed by atoms with Gasteiger partial charge in [0.2, 0.25) is 6.29 Å². The minimum absolute atomic E-state index is 0.157. The zero-order chi connectivity index (χ0) is 26.6. The predicted octanol–water partition coefficient (Wildman–Crippen LogP) is 6.33. The summed E-state index contributed by atoms with van der Waals surface area (Å²) in [5.41, 5.74) is 2.41. The first-order chi connectivity index (χ1) is 17.3. The molecular weight excluding hydrogens is 509 g/mol. The van der Waals surface area contributed by atoms with Crippen molar-refractivity contribution in [2.45, 2.75) is 32.9 Å². The van der Waals surface area contributed by atoms with Gasteiger partial charge in [-0.05, 0) is 55.9 Å². The molecule has 1 atom stereocenters. The van der Waals surface area contributed by atoms with E-state index in [0.29, 0.717) is 11.6 Å². The molecule has 36 heavy (non-hydrogen) atoms. The first-order valence-corrected chi connectivity index (χ1v) is 13.4. The van der Waals surface area contributed by atoms with Gasteiger partial charge in [0, 0.05) is 18.5 Å². The molecule has 1 amide bonds. The van der Waals surface area contributed by atoms with Gasteiger partial charge in [-0.1, -0.05) is 32.0 Å². The number of nitrogens with zero attached hydrogens (tertiary/aromatic N) is 2. The molecule has 2 N–H and O–H groups in total. The van der Waals surface area contributed by atoms with Crippen molar-refractivity contribution in [3.8, 4) is 9.88 Å². The zero-order valence-electron chi connectivity index (χ0n) is 20.5. The van der Waals surface area contributed by atoms with Crippen LogP contribution in [0.1, 0.15) is 37.2 Å². The Bertz CT molecular complexity index is 1070. The molecule has 0 bridgehead atoms. The lowest BCUT2D eigenvalue weighted by Gasteiger charge is -2.35. The molecule has 196 valence electrons. The summed E-state index contributed by atoms with van der Waals surface area (Å²) in [6.45, 7) is 7.05. The number of para-hydroxylation sites is 2. The number of anilines is 2. The molecule has 3 heterocycles. The van der Waals surface area contributed by atoms with Crippen molar-refractivity contribution < 1.29 is 22.8 Å². The smallest absolute Gasteiger partial charge is 0.370 e. The van der Waals surface area contributed by atoms with Crippen LogP contribution < -0.4 is 15.5 Å². The van der Waals surface area contributed by atoms with Crippen LogP contribution in [0.15, 0.2) is 47.2 Å². The number of halogens is 3. The van der Waals surface area contributed by atoms with E-state index >= 15 is 0 Å². The summed E-state index contributed by atoms with van der Waals surface area (Å²) in [6.07, 6.45) is -3.28. The molecule has 1 fully saturated rings. The van der Waals surface area contributed by atoms with Gasteiger partial charge in [-0.15, -0.1) is 22.7 Å². The number of carbonyl (C=O) groups is 2. The normalized spacial score (nSPS) is 15.2. The standard InChI is InChI=1S/C21H24N4OS2.C2HF3O.C2H6/c1-22-12-15-6-4-10-25(13-15)18-8-3-2-7-16(18)23-20(26)17-14-28-21(24-17)19-9-5-11-27-19;3-2(4,5)1-6;1-2/h2-3,5,7-9,11,14-15,22H,4,6,10,12-13H2,1H3,(H,23,26);1H;1-2H3. The van der Waals surface area contributed by atoms with Gasteiger partial charge < -0.3 is 15.5 Å². The summed E-state index contributed by atoms with van der Waals surface area (Å²) >= 11 is 3.14. The molecule has 0 saturated carbocycles. The number of hydrogen-bond acceptors (Lipinski definition) is 7. The Morgan fingerprint density at radius 2 is 1.92 bits per heavy atom. The van der Waals surface area contributed by atoms with E-state index < -0.39 is 12.5 Å². The highest BCUT2D eigenvalue weighted by Gasteiger charge is 2.25. The fourth-order valence-electron chi connectivity index (χ4n) is 3.67. The largest absolute Gasteiger partial charge is 0.446 e. The highest BCUT2D eigenvalue weighted by Crippen LogP contribution is 2.31. The number of aldehydes is 1. The number of nitrogens with one attached hydrogen (secondary N) is 2. The summed E-state index contributed by atoms with van der Waals surface area (Å²) in [5.74, 6) is 0.477.